The monoisotopic (exact) mass is 527 g/mol. The Labute approximate surface area is 220 Å². The minimum atomic E-state index is -0.334. The summed E-state index contributed by atoms with van der Waals surface area (Å²) < 4.78 is 11.9. The number of hydrogen-bond donors (Lipinski definition) is 1. The van der Waals surface area contributed by atoms with Crippen molar-refractivity contribution in [1.29, 1.82) is 0 Å². The van der Waals surface area contributed by atoms with Crippen molar-refractivity contribution in [2.24, 2.45) is 0 Å². The standard InChI is InChI=1S/C26H27Cl2N5O3/c1-32(2)17-8-12-19(13-9-17)36-18-10-6-16(7-11-18)30-26-29-14-20-24(31-26)35-15-33(25(20)34)23-21(27)4-3-5-22(23)28/h3-7,10-11,14,17,19H,8-9,12-13,15H2,1-2H3,(H,29,30,31). The maximum absolute atomic E-state index is 13.1. The number of nitrogens with zero attached hydrogens (tertiary/aromatic N) is 4. The summed E-state index contributed by atoms with van der Waals surface area (Å²) in [7, 11) is 4.28. The van der Waals surface area contributed by atoms with Crippen molar-refractivity contribution in [3.05, 3.63) is 64.3 Å². The van der Waals surface area contributed by atoms with Gasteiger partial charge >= 0.3 is 0 Å². The topological polar surface area (TPSA) is 79.8 Å². The largest absolute Gasteiger partial charge is 0.490 e. The summed E-state index contributed by atoms with van der Waals surface area (Å²) in [5.74, 6) is 1.03. The second-order valence-electron chi connectivity index (χ2n) is 9.15. The zero-order valence-corrected chi connectivity index (χ0v) is 21.6. The van der Waals surface area contributed by atoms with E-state index in [0.717, 1.165) is 37.1 Å². The number of hydrogen-bond acceptors (Lipinski definition) is 7. The van der Waals surface area contributed by atoms with E-state index < -0.39 is 0 Å². The highest BCUT2D eigenvalue weighted by Gasteiger charge is 2.31. The highest BCUT2D eigenvalue weighted by Crippen LogP contribution is 2.37. The molecule has 1 fully saturated rings. The van der Waals surface area contributed by atoms with Crippen LogP contribution < -0.4 is 19.7 Å². The first-order valence-corrected chi connectivity index (χ1v) is 12.6. The fourth-order valence-electron chi connectivity index (χ4n) is 4.54. The molecule has 36 heavy (non-hydrogen) atoms. The van der Waals surface area contributed by atoms with Crippen molar-refractivity contribution in [2.75, 3.05) is 31.0 Å². The average Bonchev–Trinajstić information content (AvgIpc) is 2.87. The van der Waals surface area contributed by atoms with Crippen LogP contribution in [0.4, 0.5) is 17.3 Å². The summed E-state index contributed by atoms with van der Waals surface area (Å²) in [6, 6.07) is 13.4. The first kappa shape index (κ1) is 24.6. The van der Waals surface area contributed by atoms with Gasteiger partial charge in [0, 0.05) is 17.9 Å². The number of anilines is 3. The van der Waals surface area contributed by atoms with Crippen molar-refractivity contribution in [3.63, 3.8) is 0 Å². The Kier molecular flexibility index (Phi) is 7.18. The average molecular weight is 528 g/mol. The van der Waals surface area contributed by atoms with Crippen LogP contribution in [0.15, 0.2) is 48.7 Å². The zero-order valence-electron chi connectivity index (χ0n) is 20.1. The molecule has 5 rings (SSSR count). The number of aromatic nitrogens is 2. The zero-order chi connectivity index (χ0) is 25.2. The third kappa shape index (κ3) is 5.21. The summed E-state index contributed by atoms with van der Waals surface area (Å²) in [4.78, 5) is 25.4. The molecule has 2 aliphatic rings. The van der Waals surface area contributed by atoms with Crippen molar-refractivity contribution in [2.45, 2.75) is 37.8 Å². The normalized spacial score (nSPS) is 19.6. The van der Waals surface area contributed by atoms with Gasteiger partial charge in [0.15, 0.2) is 6.73 Å². The van der Waals surface area contributed by atoms with E-state index in [2.05, 4.69) is 34.3 Å². The second-order valence-corrected chi connectivity index (χ2v) is 9.97. The Balaban J connectivity index is 1.22. The van der Waals surface area contributed by atoms with Crippen LogP contribution in [-0.2, 0) is 0 Å². The Morgan fingerprint density at radius 1 is 1.06 bits per heavy atom. The van der Waals surface area contributed by atoms with Crippen molar-refractivity contribution < 1.29 is 14.3 Å². The summed E-state index contributed by atoms with van der Waals surface area (Å²) in [6.45, 7) is -0.0613. The number of halogens is 2. The molecular formula is C26H27Cl2N5O3. The number of carbonyl (C=O) groups excluding carboxylic acids is 1. The lowest BCUT2D eigenvalue weighted by molar-refractivity contribution is 0.0932. The van der Waals surface area contributed by atoms with Gasteiger partial charge in [0.1, 0.15) is 11.3 Å². The summed E-state index contributed by atoms with van der Waals surface area (Å²) in [5, 5.41) is 3.86. The molecule has 1 amide bonds. The molecule has 0 atom stereocenters. The molecule has 1 N–H and O–H groups in total. The second kappa shape index (κ2) is 10.5. The van der Waals surface area contributed by atoms with Gasteiger partial charge in [0.05, 0.1) is 21.8 Å². The molecule has 0 saturated heterocycles. The molecule has 1 saturated carbocycles. The third-order valence-corrected chi connectivity index (χ3v) is 7.16. The van der Waals surface area contributed by atoms with E-state index in [-0.39, 0.29) is 30.2 Å². The molecule has 0 bridgehead atoms. The van der Waals surface area contributed by atoms with Crippen LogP contribution in [0, 0.1) is 0 Å². The van der Waals surface area contributed by atoms with E-state index >= 15 is 0 Å². The summed E-state index contributed by atoms with van der Waals surface area (Å²) in [6.07, 6.45) is 6.11. The molecule has 0 radical (unpaired) electrons. The number of benzene rings is 2. The van der Waals surface area contributed by atoms with E-state index in [4.69, 9.17) is 32.7 Å². The molecular weight excluding hydrogens is 501 g/mol. The number of amides is 1. The van der Waals surface area contributed by atoms with Crippen LogP contribution in [0.2, 0.25) is 10.0 Å². The quantitative estimate of drug-likeness (QED) is 0.435. The predicted octanol–water partition coefficient (Wildman–Crippen LogP) is 5.78. The van der Waals surface area contributed by atoms with Gasteiger partial charge in [0.25, 0.3) is 5.91 Å². The Morgan fingerprint density at radius 2 is 1.75 bits per heavy atom. The molecule has 8 nitrogen and oxygen atoms in total. The smallest absolute Gasteiger partial charge is 0.268 e. The molecule has 188 valence electrons. The lowest BCUT2D eigenvalue weighted by Gasteiger charge is -2.32. The van der Waals surface area contributed by atoms with Crippen molar-refractivity contribution in [3.8, 4) is 11.6 Å². The minimum absolute atomic E-state index is 0.0613. The maximum Gasteiger partial charge on any atom is 0.268 e. The van der Waals surface area contributed by atoms with Crippen LogP contribution in [0.25, 0.3) is 0 Å². The number of fused-ring (bicyclic) bond motifs is 1. The first-order chi connectivity index (χ1) is 17.4. The molecule has 2 aromatic carbocycles. The Morgan fingerprint density at radius 3 is 2.42 bits per heavy atom. The fourth-order valence-corrected chi connectivity index (χ4v) is 5.15. The van der Waals surface area contributed by atoms with E-state index in [1.807, 2.05) is 24.3 Å². The van der Waals surface area contributed by atoms with E-state index in [0.29, 0.717) is 27.7 Å². The predicted molar refractivity (Wildman–Crippen MR) is 141 cm³/mol. The van der Waals surface area contributed by atoms with Gasteiger partial charge in [-0.05, 0) is 76.2 Å². The third-order valence-electron chi connectivity index (χ3n) is 6.55. The lowest BCUT2D eigenvalue weighted by atomic mass is 9.92. The summed E-state index contributed by atoms with van der Waals surface area (Å²) in [5.41, 5.74) is 1.42. The minimum Gasteiger partial charge on any atom is -0.490 e. The number of carbonyl (C=O) groups is 1. The van der Waals surface area contributed by atoms with Crippen LogP contribution in [0.3, 0.4) is 0 Å². The lowest BCUT2D eigenvalue weighted by Crippen LogP contribution is -2.39. The van der Waals surface area contributed by atoms with Gasteiger partial charge in [-0.25, -0.2) is 4.98 Å². The Bertz CT molecular complexity index is 1230. The van der Waals surface area contributed by atoms with E-state index in [1.54, 1.807) is 18.2 Å². The van der Waals surface area contributed by atoms with Crippen molar-refractivity contribution in [1.82, 2.24) is 14.9 Å². The van der Waals surface area contributed by atoms with Crippen molar-refractivity contribution >= 4 is 46.4 Å². The fraction of sp³-hybridized carbons (Fsp3) is 0.346. The molecule has 2 heterocycles. The molecule has 1 aliphatic carbocycles. The SMILES string of the molecule is CN(C)C1CCC(Oc2ccc(Nc3ncc4c(n3)OCN(c3c(Cl)cccc3Cl)C4=O)cc2)CC1. The number of rotatable bonds is 6. The molecule has 0 spiro atoms. The van der Waals surface area contributed by atoms with Gasteiger partial charge in [-0.1, -0.05) is 29.3 Å². The van der Waals surface area contributed by atoms with Gasteiger partial charge in [-0.3, -0.25) is 9.69 Å². The van der Waals surface area contributed by atoms with E-state index in [1.165, 1.54) is 11.1 Å². The molecule has 10 heteroatoms. The molecule has 1 aromatic heterocycles. The highest BCUT2D eigenvalue weighted by atomic mass is 35.5. The van der Waals surface area contributed by atoms with Gasteiger partial charge < -0.3 is 19.7 Å². The molecule has 0 unspecified atom stereocenters. The number of para-hydroxylation sites is 1. The Hall–Kier alpha value is -3.07. The van der Waals surface area contributed by atoms with Gasteiger partial charge in [-0.2, -0.15) is 4.98 Å². The number of nitrogens with one attached hydrogen (secondary N) is 1. The van der Waals surface area contributed by atoms with Gasteiger partial charge in [0.2, 0.25) is 11.8 Å². The first-order valence-electron chi connectivity index (χ1n) is 11.8. The van der Waals surface area contributed by atoms with E-state index in [9.17, 15) is 4.79 Å². The maximum atomic E-state index is 13.1. The number of ether oxygens (including phenoxy) is 2. The molecule has 1 aliphatic heterocycles. The van der Waals surface area contributed by atoms with Crippen LogP contribution in [0.1, 0.15) is 36.0 Å². The molecule has 3 aromatic rings. The van der Waals surface area contributed by atoms with Crippen LogP contribution in [-0.4, -0.2) is 53.7 Å². The summed E-state index contributed by atoms with van der Waals surface area (Å²) >= 11 is 12.5. The van der Waals surface area contributed by atoms with Crippen LogP contribution >= 0.6 is 23.2 Å². The highest BCUT2D eigenvalue weighted by molar-refractivity contribution is 6.40. The van der Waals surface area contributed by atoms with Gasteiger partial charge in [-0.15, -0.1) is 0 Å². The van der Waals surface area contributed by atoms with Crippen LogP contribution in [0.5, 0.6) is 11.6 Å².